The van der Waals surface area contributed by atoms with Crippen LogP contribution in [0.25, 0.3) is 0 Å². The van der Waals surface area contributed by atoms with Gasteiger partial charge >= 0.3 is 5.97 Å². The molecule has 1 N–H and O–H groups in total. The van der Waals surface area contributed by atoms with Crippen molar-refractivity contribution >= 4 is 87.4 Å². The molecule has 8 nitrogen and oxygen atoms in total. The fourth-order valence-electron chi connectivity index (χ4n) is 3.60. The Bertz CT molecular complexity index is 1210. The number of methoxy groups -OCH3 is 1. The van der Waals surface area contributed by atoms with Gasteiger partial charge < -0.3 is 14.8 Å². The molecule has 2 aromatic rings. The van der Waals surface area contributed by atoms with Gasteiger partial charge in [0.1, 0.15) is 11.8 Å². The Morgan fingerprint density at radius 2 is 1.56 bits per heavy atom. The maximum Gasteiger partial charge on any atom is 0.329 e. The van der Waals surface area contributed by atoms with Crippen LogP contribution in [0.2, 0.25) is 25.1 Å². The van der Waals surface area contributed by atoms with Crippen molar-refractivity contribution in [3.63, 3.8) is 0 Å². The molecule has 0 unspecified atom stereocenters. The lowest BCUT2D eigenvalue weighted by Crippen LogP contribution is -2.46. The molecule has 1 aliphatic heterocycles. The average Bonchev–Trinajstić information content (AvgIpc) is 3.10. The van der Waals surface area contributed by atoms with Crippen LogP contribution in [0.15, 0.2) is 18.2 Å². The Kier molecular flexibility index (Phi) is 9.35. The Hall–Kier alpha value is -2.23. The predicted octanol–water partition coefficient (Wildman–Crippen LogP) is 6.30. The number of carbonyl (C=O) groups excluding carboxylic acids is 4. The van der Waals surface area contributed by atoms with E-state index >= 15 is 0 Å². The lowest BCUT2D eigenvalue weighted by atomic mass is 10.1. The number of anilines is 1. The van der Waals surface area contributed by atoms with Gasteiger partial charge in [-0.05, 0) is 24.6 Å². The van der Waals surface area contributed by atoms with Crippen LogP contribution < -0.4 is 10.1 Å². The molecule has 0 saturated heterocycles. The molecule has 13 heteroatoms. The highest BCUT2D eigenvalue weighted by molar-refractivity contribution is 6.55. The number of halogens is 5. The van der Waals surface area contributed by atoms with E-state index < -0.39 is 36.3 Å². The van der Waals surface area contributed by atoms with Crippen molar-refractivity contribution < 1.29 is 28.7 Å². The SMILES string of the molecule is CCCC[C@H](C(=O)OCC(=O)Nc1cc(Cl)ccc1OC)N1C(=O)c2c(Cl)c(Cl)c(Cl)c(Cl)c2C1=O. The molecule has 0 aromatic heterocycles. The van der Waals surface area contributed by atoms with Crippen molar-refractivity contribution in [1.82, 2.24) is 4.90 Å². The average molecular weight is 597 g/mol. The van der Waals surface area contributed by atoms with Gasteiger partial charge in [0.25, 0.3) is 17.7 Å². The van der Waals surface area contributed by atoms with Crippen LogP contribution in [-0.2, 0) is 14.3 Å². The quantitative estimate of drug-likeness (QED) is 0.158. The number of esters is 1. The molecule has 2 aromatic carbocycles. The smallest absolute Gasteiger partial charge is 0.329 e. The molecule has 1 heterocycles. The molecule has 1 aliphatic rings. The Labute approximate surface area is 231 Å². The number of hydrogen-bond donors (Lipinski definition) is 1. The molecule has 3 amide bonds. The number of nitrogens with one attached hydrogen (secondary N) is 1. The van der Waals surface area contributed by atoms with Crippen LogP contribution in [0.3, 0.4) is 0 Å². The maximum atomic E-state index is 13.2. The van der Waals surface area contributed by atoms with Crippen molar-refractivity contribution in [1.29, 1.82) is 0 Å². The van der Waals surface area contributed by atoms with Crippen molar-refractivity contribution in [3.05, 3.63) is 54.4 Å². The Morgan fingerprint density at radius 1 is 0.972 bits per heavy atom. The first-order valence-electron chi connectivity index (χ1n) is 10.6. The number of carbonyl (C=O) groups is 4. The summed E-state index contributed by atoms with van der Waals surface area (Å²) in [5.41, 5.74) is -0.228. The van der Waals surface area contributed by atoms with E-state index in [0.717, 1.165) is 0 Å². The summed E-state index contributed by atoms with van der Waals surface area (Å²) in [7, 11) is 1.41. The molecular formula is C23H19Cl5N2O6. The third-order valence-electron chi connectivity index (χ3n) is 5.33. The standard InChI is InChI=1S/C23H19Cl5N2O6/c1-3-4-5-12(23(34)36-9-14(31)29-11-8-10(24)6-7-13(11)35-2)30-21(32)15-16(22(30)33)18(26)20(28)19(27)17(15)25/h6-8,12H,3-5,9H2,1-2H3,(H,29,31)/t12-/m1/s1. The summed E-state index contributed by atoms with van der Waals surface area (Å²) >= 11 is 30.4. The fourth-order valence-corrected chi connectivity index (χ4v) is 4.78. The highest BCUT2D eigenvalue weighted by Crippen LogP contribution is 2.45. The van der Waals surface area contributed by atoms with Crippen LogP contribution in [0, 0.1) is 0 Å². The molecule has 0 saturated carbocycles. The number of nitrogens with zero attached hydrogens (tertiary/aromatic N) is 1. The maximum absolute atomic E-state index is 13.2. The van der Waals surface area contributed by atoms with Crippen LogP contribution in [0.1, 0.15) is 46.9 Å². The third-order valence-corrected chi connectivity index (χ3v) is 7.37. The number of benzene rings is 2. The third kappa shape index (κ3) is 5.53. The van der Waals surface area contributed by atoms with E-state index in [1.807, 2.05) is 6.92 Å². The lowest BCUT2D eigenvalue weighted by Gasteiger charge is -2.24. The molecule has 0 spiro atoms. The van der Waals surface area contributed by atoms with Gasteiger partial charge in [-0.25, -0.2) is 4.79 Å². The van der Waals surface area contributed by atoms with E-state index in [-0.39, 0.29) is 43.3 Å². The monoisotopic (exact) mass is 594 g/mol. The number of imide groups is 1. The summed E-state index contributed by atoms with van der Waals surface area (Å²) in [6, 6.07) is 3.26. The second-order valence-electron chi connectivity index (χ2n) is 7.64. The number of hydrogen-bond acceptors (Lipinski definition) is 6. The summed E-state index contributed by atoms with van der Waals surface area (Å²) in [5, 5.41) is 2.00. The minimum atomic E-state index is -1.34. The zero-order valence-electron chi connectivity index (χ0n) is 18.9. The first kappa shape index (κ1) is 28.3. The van der Waals surface area contributed by atoms with E-state index in [1.54, 1.807) is 12.1 Å². The minimum absolute atomic E-state index is 0.0846. The normalized spacial score (nSPS) is 13.5. The van der Waals surface area contributed by atoms with Crippen molar-refractivity contribution in [2.45, 2.75) is 32.2 Å². The second-order valence-corrected chi connectivity index (χ2v) is 9.59. The predicted molar refractivity (Wildman–Crippen MR) is 138 cm³/mol. The van der Waals surface area contributed by atoms with E-state index in [2.05, 4.69) is 5.32 Å². The number of unbranched alkanes of at least 4 members (excludes halogenated alkanes) is 1. The minimum Gasteiger partial charge on any atom is -0.495 e. The van der Waals surface area contributed by atoms with E-state index in [9.17, 15) is 19.2 Å². The van der Waals surface area contributed by atoms with Crippen LogP contribution in [0.5, 0.6) is 5.75 Å². The zero-order valence-corrected chi connectivity index (χ0v) is 22.7. The molecular weight excluding hydrogens is 578 g/mol. The molecule has 192 valence electrons. The van der Waals surface area contributed by atoms with Crippen molar-refractivity contribution in [3.8, 4) is 5.75 Å². The van der Waals surface area contributed by atoms with Crippen LogP contribution in [0.4, 0.5) is 5.69 Å². The first-order valence-corrected chi connectivity index (χ1v) is 12.5. The fraction of sp³-hybridized carbons (Fsp3) is 0.304. The van der Waals surface area contributed by atoms with Gasteiger partial charge in [-0.3, -0.25) is 19.3 Å². The first-order chi connectivity index (χ1) is 17.0. The van der Waals surface area contributed by atoms with Gasteiger partial charge in [0, 0.05) is 5.02 Å². The number of ether oxygens (including phenoxy) is 2. The van der Waals surface area contributed by atoms with E-state index in [1.165, 1.54) is 13.2 Å². The molecule has 3 rings (SSSR count). The van der Waals surface area contributed by atoms with Crippen molar-refractivity contribution in [2.75, 3.05) is 19.0 Å². The molecule has 0 fully saturated rings. The van der Waals surface area contributed by atoms with Gasteiger partial charge in [-0.2, -0.15) is 0 Å². The van der Waals surface area contributed by atoms with Gasteiger partial charge in [-0.15, -0.1) is 0 Å². The summed E-state index contributed by atoms with van der Waals surface area (Å²) in [5.74, 6) is -3.05. The second kappa shape index (κ2) is 11.9. The summed E-state index contributed by atoms with van der Waals surface area (Å²) in [6.45, 7) is 1.17. The molecule has 0 bridgehead atoms. The van der Waals surface area contributed by atoms with Gasteiger partial charge in [0.15, 0.2) is 6.61 Å². The summed E-state index contributed by atoms with van der Waals surface area (Å²) < 4.78 is 10.3. The Morgan fingerprint density at radius 3 is 2.08 bits per heavy atom. The van der Waals surface area contributed by atoms with Gasteiger partial charge in [0.05, 0.1) is 44.0 Å². The zero-order chi connectivity index (χ0) is 26.7. The lowest BCUT2D eigenvalue weighted by molar-refractivity contribution is -0.151. The highest BCUT2D eigenvalue weighted by atomic mass is 35.5. The number of rotatable bonds is 9. The van der Waals surface area contributed by atoms with E-state index in [4.69, 9.17) is 67.5 Å². The Balaban J connectivity index is 1.81. The summed E-state index contributed by atoms with van der Waals surface area (Å²) in [4.78, 5) is 52.5. The van der Waals surface area contributed by atoms with Crippen LogP contribution in [-0.4, -0.2) is 48.3 Å². The molecule has 36 heavy (non-hydrogen) atoms. The number of amides is 3. The van der Waals surface area contributed by atoms with Gasteiger partial charge in [-0.1, -0.05) is 77.8 Å². The number of fused-ring (bicyclic) bond motifs is 1. The van der Waals surface area contributed by atoms with Crippen LogP contribution >= 0.6 is 58.0 Å². The van der Waals surface area contributed by atoms with Gasteiger partial charge in [0.2, 0.25) is 0 Å². The molecule has 1 atom stereocenters. The largest absolute Gasteiger partial charge is 0.495 e. The summed E-state index contributed by atoms with van der Waals surface area (Å²) in [6.07, 6.45) is 1.21. The molecule has 0 radical (unpaired) electrons. The van der Waals surface area contributed by atoms with E-state index in [0.29, 0.717) is 28.5 Å². The molecule has 0 aliphatic carbocycles. The van der Waals surface area contributed by atoms with Crippen molar-refractivity contribution in [2.24, 2.45) is 0 Å². The topological polar surface area (TPSA) is 102 Å². The highest BCUT2D eigenvalue weighted by Gasteiger charge is 2.47.